The number of benzene rings is 3. The Kier molecular flexibility index (Phi) is 8.21. The molecule has 1 aliphatic heterocycles. The van der Waals surface area contributed by atoms with Crippen LogP contribution >= 0.6 is 0 Å². The number of carbonyl (C=O) groups is 1. The van der Waals surface area contributed by atoms with Gasteiger partial charge in [0.15, 0.2) is 5.75 Å². The Morgan fingerprint density at radius 2 is 1.65 bits per heavy atom. The molecule has 0 aliphatic carbocycles. The standard InChI is InChI=1S/C31H31F3N4O2/c1-22(7-8-23-9-13-26(14-10-23)31(32,33)34)37-18-20-38(21-19-37)30(39)25-11-15-27(16-12-25)36-40-28-6-2-4-24-5-3-17-35-29(24)28/h2-6,9-17,22,36H,7-8,18-21H2,1H3/t22-/m1/s1. The molecule has 6 nitrogen and oxygen atoms in total. The summed E-state index contributed by atoms with van der Waals surface area (Å²) in [7, 11) is 0. The molecule has 40 heavy (non-hydrogen) atoms. The van der Waals surface area contributed by atoms with Gasteiger partial charge in [-0.3, -0.25) is 14.7 Å². The van der Waals surface area contributed by atoms with Gasteiger partial charge < -0.3 is 9.74 Å². The molecule has 1 saturated heterocycles. The quantitative estimate of drug-likeness (QED) is 0.257. The van der Waals surface area contributed by atoms with Crippen LogP contribution < -0.4 is 10.3 Å². The molecule has 1 aliphatic rings. The topological polar surface area (TPSA) is 57.7 Å². The summed E-state index contributed by atoms with van der Waals surface area (Å²) in [6.45, 7) is 4.89. The first kappa shape index (κ1) is 27.5. The molecule has 1 aromatic heterocycles. The molecular weight excluding hydrogens is 517 g/mol. The second kappa shape index (κ2) is 12.0. The maximum atomic E-state index is 13.1. The highest BCUT2D eigenvalue weighted by atomic mass is 19.4. The number of pyridine rings is 1. The number of anilines is 1. The maximum Gasteiger partial charge on any atom is 0.416 e. The first-order valence-electron chi connectivity index (χ1n) is 13.3. The van der Waals surface area contributed by atoms with Crippen molar-refractivity contribution in [3.05, 3.63) is 102 Å². The van der Waals surface area contributed by atoms with Crippen LogP contribution in [-0.4, -0.2) is 52.9 Å². The highest BCUT2D eigenvalue weighted by Crippen LogP contribution is 2.29. The Bertz CT molecular complexity index is 1430. The molecule has 0 saturated carbocycles. The first-order valence-corrected chi connectivity index (χ1v) is 13.3. The van der Waals surface area contributed by atoms with Crippen molar-refractivity contribution in [3.63, 3.8) is 0 Å². The average Bonchev–Trinajstić information content (AvgIpc) is 2.98. The molecule has 0 radical (unpaired) electrons. The fourth-order valence-corrected chi connectivity index (χ4v) is 4.92. The van der Waals surface area contributed by atoms with Gasteiger partial charge in [-0.1, -0.05) is 30.3 Å². The molecule has 2 heterocycles. The van der Waals surface area contributed by atoms with Crippen molar-refractivity contribution in [1.29, 1.82) is 0 Å². The predicted molar refractivity (Wildman–Crippen MR) is 149 cm³/mol. The molecule has 4 aromatic rings. The molecule has 1 amide bonds. The van der Waals surface area contributed by atoms with Crippen LogP contribution in [0.25, 0.3) is 10.9 Å². The van der Waals surface area contributed by atoms with Gasteiger partial charge in [-0.15, -0.1) is 0 Å². The van der Waals surface area contributed by atoms with Gasteiger partial charge >= 0.3 is 6.18 Å². The summed E-state index contributed by atoms with van der Waals surface area (Å²) in [5.74, 6) is 0.604. The Labute approximate surface area is 231 Å². The van der Waals surface area contributed by atoms with Crippen LogP contribution in [0.1, 0.15) is 34.8 Å². The highest BCUT2D eigenvalue weighted by molar-refractivity contribution is 5.94. The smallest absolute Gasteiger partial charge is 0.380 e. The van der Waals surface area contributed by atoms with Crippen LogP contribution in [0.4, 0.5) is 18.9 Å². The van der Waals surface area contributed by atoms with Crippen molar-refractivity contribution >= 4 is 22.5 Å². The lowest BCUT2D eigenvalue weighted by atomic mass is 10.0. The summed E-state index contributed by atoms with van der Waals surface area (Å²) in [6.07, 6.45) is -1.05. The molecular formula is C31H31F3N4O2. The van der Waals surface area contributed by atoms with Crippen LogP contribution in [0.3, 0.4) is 0 Å². The van der Waals surface area contributed by atoms with Gasteiger partial charge in [0.25, 0.3) is 5.91 Å². The Balaban J connectivity index is 1.08. The Morgan fingerprint density at radius 3 is 2.35 bits per heavy atom. The molecule has 0 spiro atoms. The van der Waals surface area contributed by atoms with Crippen LogP contribution in [0, 0.1) is 0 Å². The zero-order valence-electron chi connectivity index (χ0n) is 22.2. The third kappa shape index (κ3) is 6.54. The van der Waals surface area contributed by atoms with Gasteiger partial charge in [0.2, 0.25) is 0 Å². The number of piperazine rings is 1. The Morgan fingerprint density at radius 1 is 0.950 bits per heavy atom. The fraction of sp³-hybridized carbons (Fsp3) is 0.290. The molecule has 5 rings (SSSR count). The predicted octanol–water partition coefficient (Wildman–Crippen LogP) is 6.44. The summed E-state index contributed by atoms with van der Waals surface area (Å²) >= 11 is 0. The van der Waals surface area contributed by atoms with E-state index in [9.17, 15) is 18.0 Å². The summed E-state index contributed by atoms with van der Waals surface area (Å²) in [5.41, 5.74) is 5.29. The minimum Gasteiger partial charge on any atom is -0.380 e. The number of nitrogens with zero attached hydrogens (tertiary/aromatic N) is 3. The number of para-hydroxylation sites is 1. The number of aryl methyl sites for hydroxylation is 1. The van der Waals surface area contributed by atoms with E-state index in [2.05, 4.69) is 22.3 Å². The molecule has 3 aromatic carbocycles. The van der Waals surface area contributed by atoms with E-state index in [1.54, 1.807) is 30.5 Å². The third-order valence-electron chi connectivity index (χ3n) is 7.36. The van der Waals surface area contributed by atoms with E-state index in [1.807, 2.05) is 47.4 Å². The lowest BCUT2D eigenvalue weighted by molar-refractivity contribution is -0.137. The normalized spacial score (nSPS) is 15.2. The minimum absolute atomic E-state index is 0.0113. The second-order valence-corrected chi connectivity index (χ2v) is 10.0. The van der Waals surface area contributed by atoms with Crippen LogP contribution in [0.2, 0.25) is 0 Å². The van der Waals surface area contributed by atoms with E-state index < -0.39 is 11.7 Å². The number of alkyl halides is 3. The van der Waals surface area contributed by atoms with Gasteiger partial charge in [-0.2, -0.15) is 13.2 Å². The highest BCUT2D eigenvalue weighted by Gasteiger charge is 2.30. The number of amides is 1. The van der Waals surface area contributed by atoms with Gasteiger partial charge in [-0.05, 0) is 73.9 Å². The molecule has 1 fully saturated rings. The van der Waals surface area contributed by atoms with Gasteiger partial charge in [0.05, 0.1) is 11.3 Å². The molecule has 0 unspecified atom stereocenters. The van der Waals surface area contributed by atoms with E-state index in [0.29, 0.717) is 30.8 Å². The van der Waals surface area contributed by atoms with Gasteiger partial charge in [-0.25, -0.2) is 5.48 Å². The molecule has 0 bridgehead atoms. The number of carbonyl (C=O) groups excluding carboxylic acids is 1. The first-order chi connectivity index (χ1) is 19.3. The summed E-state index contributed by atoms with van der Waals surface area (Å²) < 4.78 is 38.3. The zero-order valence-corrected chi connectivity index (χ0v) is 22.2. The minimum atomic E-state index is -4.31. The van der Waals surface area contributed by atoms with Crippen molar-refractivity contribution in [3.8, 4) is 5.75 Å². The largest absolute Gasteiger partial charge is 0.416 e. The SMILES string of the molecule is C[C@H](CCc1ccc(C(F)(F)F)cc1)N1CCN(C(=O)c2ccc(NOc3cccc4cccnc34)cc2)CC1. The van der Waals surface area contributed by atoms with Crippen molar-refractivity contribution in [2.45, 2.75) is 32.0 Å². The molecule has 1 atom stereocenters. The van der Waals surface area contributed by atoms with Crippen molar-refractivity contribution in [2.24, 2.45) is 0 Å². The lowest BCUT2D eigenvalue weighted by Crippen LogP contribution is -2.51. The molecule has 208 valence electrons. The summed E-state index contributed by atoms with van der Waals surface area (Å²) in [6, 6.07) is 22.4. The number of hydrogen-bond acceptors (Lipinski definition) is 5. The average molecular weight is 549 g/mol. The second-order valence-electron chi connectivity index (χ2n) is 10.0. The van der Waals surface area contributed by atoms with Crippen LogP contribution in [-0.2, 0) is 12.6 Å². The number of halogens is 3. The number of aromatic nitrogens is 1. The molecule has 9 heteroatoms. The number of hydrogen-bond donors (Lipinski definition) is 1. The van der Waals surface area contributed by atoms with E-state index >= 15 is 0 Å². The number of fused-ring (bicyclic) bond motifs is 1. The van der Waals surface area contributed by atoms with E-state index in [0.717, 1.165) is 53.8 Å². The van der Waals surface area contributed by atoms with E-state index in [-0.39, 0.29) is 11.9 Å². The summed E-state index contributed by atoms with van der Waals surface area (Å²) in [5, 5.41) is 0.983. The van der Waals surface area contributed by atoms with Gasteiger partial charge in [0, 0.05) is 49.4 Å². The van der Waals surface area contributed by atoms with Crippen LogP contribution in [0.5, 0.6) is 5.75 Å². The van der Waals surface area contributed by atoms with Crippen molar-refractivity contribution in [2.75, 3.05) is 31.7 Å². The van der Waals surface area contributed by atoms with Gasteiger partial charge in [0.1, 0.15) is 5.52 Å². The fourth-order valence-electron chi connectivity index (χ4n) is 4.92. The Hall–Kier alpha value is -4.11. The third-order valence-corrected chi connectivity index (χ3v) is 7.36. The lowest BCUT2D eigenvalue weighted by Gasteiger charge is -2.38. The number of nitrogens with one attached hydrogen (secondary N) is 1. The van der Waals surface area contributed by atoms with E-state index in [1.165, 1.54) is 0 Å². The zero-order chi connectivity index (χ0) is 28.1. The monoisotopic (exact) mass is 548 g/mol. The van der Waals surface area contributed by atoms with Crippen LogP contribution in [0.15, 0.2) is 85.1 Å². The number of rotatable bonds is 8. The van der Waals surface area contributed by atoms with E-state index in [4.69, 9.17) is 4.84 Å². The molecule has 1 N–H and O–H groups in total. The van der Waals surface area contributed by atoms with Crippen molar-refractivity contribution < 1.29 is 22.8 Å². The van der Waals surface area contributed by atoms with Crippen molar-refractivity contribution in [1.82, 2.24) is 14.8 Å². The summed E-state index contributed by atoms with van der Waals surface area (Å²) in [4.78, 5) is 27.4. The maximum absolute atomic E-state index is 13.1.